The molecule has 6 heteroatoms. The molecule has 0 aromatic heterocycles. The fourth-order valence-electron chi connectivity index (χ4n) is 2.58. The molecule has 21 heavy (non-hydrogen) atoms. The number of carbonyl (C=O) groups is 1. The lowest BCUT2D eigenvalue weighted by Crippen LogP contribution is -2.35. The van der Waals surface area contributed by atoms with Crippen LogP contribution in [0.5, 0.6) is 0 Å². The molecule has 1 amide bonds. The molecule has 116 valence electrons. The Kier molecular flexibility index (Phi) is 4.88. The van der Waals surface area contributed by atoms with E-state index in [0.29, 0.717) is 18.5 Å². The van der Waals surface area contributed by atoms with E-state index in [1.807, 2.05) is 19.9 Å². The largest absolute Gasteiger partial charge is 0.312 e. The zero-order chi connectivity index (χ0) is 15.5. The van der Waals surface area contributed by atoms with Gasteiger partial charge in [0, 0.05) is 24.3 Å². The van der Waals surface area contributed by atoms with Crippen molar-refractivity contribution in [3.05, 3.63) is 23.8 Å². The fourth-order valence-corrected chi connectivity index (χ4v) is 3.71. The van der Waals surface area contributed by atoms with E-state index in [9.17, 15) is 13.2 Å². The van der Waals surface area contributed by atoms with E-state index >= 15 is 0 Å². The van der Waals surface area contributed by atoms with Crippen LogP contribution < -0.4 is 9.62 Å². The van der Waals surface area contributed by atoms with Gasteiger partial charge in [0.15, 0.2) is 0 Å². The average molecular weight is 310 g/mol. The quantitative estimate of drug-likeness (QED) is 0.909. The number of anilines is 2. The third-order valence-electron chi connectivity index (χ3n) is 3.56. The minimum atomic E-state index is -3.28. The summed E-state index contributed by atoms with van der Waals surface area (Å²) in [4.78, 5) is 13.8. The van der Waals surface area contributed by atoms with E-state index in [-0.39, 0.29) is 11.7 Å². The third kappa shape index (κ3) is 3.97. The Labute approximate surface area is 126 Å². The number of benzene rings is 1. The van der Waals surface area contributed by atoms with Gasteiger partial charge in [0.25, 0.3) is 0 Å². The zero-order valence-electron chi connectivity index (χ0n) is 12.6. The van der Waals surface area contributed by atoms with Crippen molar-refractivity contribution in [1.82, 2.24) is 0 Å². The van der Waals surface area contributed by atoms with Gasteiger partial charge in [-0.2, -0.15) is 0 Å². The zero-order valence-corrected chi connectivity index (χ0v) is 13.4. The molecule has 2 rings (SSSR count). The fraction of sp³-hybridized carbons (Fsp3) is 0.533. The van der Waals surface area contributed by atoms with Crippen molar-refractivity contribution in [2.24, 2.45) is 0 Å². The molecular weight excluding hydrogens is 288 g/mol. The van der Waals surface area contributed by atoms with Crippen LogP contribution in [-0.4, -0.2) is 26.6 Å². The van der Waals surface area contributed by atoms with Gasteiger partial charge in [-0.05, 0) is 49.9 Å². The van der Waals surface area contributed by atoms with E-state index in [4.69, 9.17) is 0 Å². The summed E-state index contributed by atoms with van der Waals surface area (Å²) in [6.45, 7) is 4.46. The SMILES string of the molecule is CCCS(=O)(=O)Nc1ccc(N2CCCCC2=O)c(C)c1. The van der Waals surface area contributed by atoms with E-state index in [1.165, 1.54) is 0 Å². The maximum absolute atomic E-state index is 12.0. The first-order chi connectivity index (χ1) is 9.93. The number of hydrogen-bond donors (Lipinski definition) is 1. The molecule has 1 fully saturated rings. The van der Waals surface area contributed by atoms with Crippen LogP contribution >= 0.6 is 0 Å². The lowest BCUT2D eigenvalue weighted by atomic mass is 10.1. The molecule has 0 saturated carbocycles. The topological polar surface area (TPSA) is 66.5 Å². The van der Waals surface area contributed by atoms with Crippen molar-refractivity contribution in [1.29, 1.82) is 0 Å². The second kappa shape index (κ2) is 6.47. The van der Waals surface area contributed by atoms with E-state index in [0.717, 1.165) is 30.6 Å². The normalized spacial score (nSPS) is 16.1. The molecule has 1 aliphatic rings. The molecule has 1 aromatic carbocycles. The van der Waals surface area contributed by atoms with Gasteiger partial charge in [0.1, 0.15) is 0 Å². The molecule has 1 N–H and O–H groups in total. The van der Waals surface area contributed by atoms with Gasteiger partial charge in [0.05, 0.1) is 5.75 Å². The van der Waals surface area contributed by atoms with Gasteiger partial charge in [-0.1, -0.05) is 6.92 Å². The summed E-state index contributed by atoms with van der Waals surface area (Å²) in [5, 5.41) is 0. The van der Waals surface area contributed by atoms with Gasteiger partial charge < -0.3 is 4.90 Å². The smallest absolute Gasteiger partial charge is 0.232 e. The van der Waals surface area contributed by atoms with Crippen LogP contribution in [0.3, 0.4) is 0 Å². The van der Waals surface area contributed by atoms with Crippen LogP contribution in [0.15, 0.2) is 18.2 Å². The van der Waals surface area contributed by atoms with Crippen LogP contribution in [0.25, 0.3) is 0 Å². The first kappa shape index (κ1) is 15.8. The molecule has 0 bridgehead atoms. The Morgan fingerprint density at radius 1 is 1.29 bits per heavy atom. The first-order valence-corrected chi connectivity index (χ1v) is 8.99. The highest BCUT2D eigenvalue weighted by Crippen LogP contribution is 2.27. The van der Waals surface area contributed by atoms with Gasteiger partial charge in [-0.3, -0.25) is 9.52 Å². The van der Waals surface area contributed by atoms with Gasteiger partial charge in [-0.15, -0.1) is 0 Å². The number of nitrogens with zero attached hydrogens (tertiary/aromatic N) is 1. The van der Waals surface area contributed by atoms with Gasteiger partial charge in [-0.25, -0.2) is 8.42 Å². The van der Waals surface area contributed by atoms with Crippen molar-refractivity contribution in [3.8, 4) is 0 Å². The van der Waals surface area contributed by atoms with E-state index in [1.54, 1.807) is 17.0 Å². The Morgan fingerprint density at radius 2 is 2.05 bits per heavy atom. The van der Waals surface area contributed by atoms with Crippen molar-refractivity contribution in [2.75, 3.05) is 21.9 Å². The van der Waals surface area contributed by atoms with Crippen molar-refractivity contribution in [2.45, 2.75) is 39.5 Å². The maximum Gasteiger partial charge on any atom is 0.232 e. The second-order valence-electron chi connectivity index (χ2n) is 5.42. The average Bonchev–Trinajstić information content (AvgIpc) is 2.39. The standard InChI is InChI=1S/C15H22N2O3S/c1-3-10-21(19,20)16-13-7-8-14(12(2)11-13)17-9-5-4-6-15(17)18/h7-8,11,16H,3-6,9-10H2,1-2H3. The molecule has 1 aliphatic heterocycles. The molecular formula is C15H22N2O3S. The monoisotopic (exact) mass is 310 g/mol. The highest BCUT2D eigenvalue weighted by molar-refractivity contribution is 7.92. The maximum atomic E-state index is 12.0. The number of rotatable bonds is 5. The van der Waals surface area contributed by atoms with Crippen LogP contribution in [0.1, 0.15) is 38.2 Å². The summed E-state index contributed by atoms with van der Waals surface area (Å²) in [7, 11) is -3.28. The Bertz CT molecular complexity index is 626. The summed E-state index contributed by atoms with van der Waals surface area (Å²) in [5.74, 6) is 0.252. The van der Waals surface area contributed by atoms with Crippen molar-refractivity contribution in [3.63, 3.8) is 0 Å². The van der Waals surface area contributed by atoms with Crippen LogP contribution in [0, 0.1) is 6.92 Å². The summed E-state index contributed by atoms with van der Waals surface area (Å²) in [6.07, 6.45) is 3.12. The number of nitrogens with one attached hydrogen (secondary N) is 1. The molecule has 1 heterocycles. The molecule has 0 unspecified atom stereocenters. The predicted octanol–water partition coefficient (Wildman–Crippen LogP) is 2.66. The molecule has 1 saturated heterocycles. The number of piperidine rings is 1. The Hall–Kier alpha value is -1.56. The van der Waals surface area contributed by atoms with Crippen LogP contribution in [0.4, 0.5) is 11.4 Å². The molecule has 0 atom stereocenters. The number of amides is 1. The van der Waals surface area contributed by atoms with E-state index in [2.05, 4.69) is 4.72 Å². The summed E-state index contributed by atoms with van der Waals surface area (Å²) in [5.41, 5.74) is 2.33. The van der Waals surface area contributed by atoms with Crippen LogP contribution in [-0.2, 0) is 14.8 Å². The Morgan fingerprint density at radius 3 is 2.67 bits per heavy atom. The molecule has 0 spiro atoms. The molecule has 0 radical (unpaired) electrons. The molecule has 5 nitrogen and oxygen atoms in total. The van der Waals surface area contributed by atoms with Crippen LogP contribution in [0.2, 0.25) is 0 Å². The lowest BCUT2D eigenvalue weighted by molar-refractivity contribution is -0.119. The lowest BCUT2D eigenvalue weighted by Gasteiger charge is -2.28. The number of aryl methyl sites for hydroxylation is 1. The highest BCUT2D eigenvalue weighted by atomic mass is 32.2. The number of sulfonamides is 1. The minimum Gasteiger partial charge on any atom is -0.312 e. The predicted molar refractivity (Wildman–Crippen MR) is 85.1 cm³/mol. The highest BCUT2D eigenvalue weighted by Gasteiger charge is 2.21. The van der Waals surface area contributed by atoms with E-state index < -0.39 is 10.0 Å². The van der Waals surface area contributed by atoms with Gasteiger partial charge >= 0.3 is 0 Å². The molecule has 1 aromatic rings. The first-order valence-electron chi connectivity index (χ1n) is 7.34. The number of carbonyl (C=O) groups excluding carboxylic acids is 1. The Balaban J connectivity index is 2.19. The van der Waals surface area contributed by atoms with Crippen molar-refractivity contribution < 1.29 is 13.2 Å². The summed E-state index contributed by atoms with van der Waals surface area (Å²) in [6, 6.07) is 5.32. The number of hydrogen-bond acceptors (Lipinski definition) is 3. The molecule has 0 aliphatic carbocycles. The summed E-state index contributed by atoms with van der Waals surface area (Å²) < 4.78 is 26.1. The van der Waals surface area contributed by atoms with Gasteiger partial charge in [0.2, 0.25) is 15.9 Å². The second-order valence-corrected chi connectivity index (χ2v) is 7.27. The third-order valence-corrected chi connectivity index (χ3v) is 5.05. The minimum absolute atomic E-state index is 0.110. The summed E-state index contributed by atoms with van der Waals surface area (Å²) >= 11 is 0. The van der Waals surface area contributed by atoms with Crippen molar-refractivity contribution >= 4 is 27.3 Å².